The van der Waals surface area contributed by atoms with Gasteiger partial charge in [-0.15, -0.1) is 0 Å². The summed E-state index contributed by atoms with van der Waals surface area (Å²) in [5.41, 5.74) is 4.73. The first-order chi connectivity index (χ1) is 15.5. The summed E-state index contributed by atoms with van der Waals surface area (Å²) >= 11 is 11.9. The number of amides is 1. The fraction of sp³-hybridized carbons (Fsp3) is 0.120. The number of nitrogens with zero attached hydrogens (tertiary/aromatic N) is 2. The standard InChI is InChI=1S/C25H17ClFN3OS/c26-18-12-15(10-11-19(18)27)29-24(31)21-13-17-16-8-4-5-9-20(16)28-22(17)23(30(21)25(29)32)14-6-2-1-3-7-14/h1-12,21,23,28H,13H2. The molecule has 1 saturated heterocycles. The maximum absolute atomic E-state index is 13.8. The number of nitrogens with one attached hydrogen (secondary N) is 1. The molecule has 3 heterocycles. The van der Waals surface area contributed by atoms with Crippen LogP contribution in [0.25, 0.3) is 10.9 Å². The van der Waals surface area contributed by atoms with E-state index in [2.05, 4.69) is 11.1 Å². The Kier molecular flexibility index (Phi) is 4.35. The first-order valence-corrected chi connectivity index (χ1v) is 11.1. The molecule has 2 unspecified atom stereocenters. The van der Waals surface area contributed by atoms with Gasteiger partial charge < -0.3 is 9.88 Å². The third-order valence-corrected chi connectivity index (χ3v) is 7.01. The second-order valence-corrected chi connectivity index (χ2v) is 8.83. The smallest absolute Gasteiger partial charge is 0.256 e. The Balaban J connectivity index is 1.54. The van der Waals surface area contributed by atoms with Gasteiger partial charge in [0.05, 0.1) is 16.8 Å². The molecule has 6 rings (SSSR count). The van der Waals surface area contributed by atoms with E-state index in [1.165, 1.54) is 23.1 Å². The average molecular weight is 462 g/mol. The molecule has 1 N–H and O–H groups in total. The Morgan fingerprint density at radius 3 is 2.56 bits per heavy atom. The van der Waals surface area contributed by atoms with Crippen molar-refractivity contribution >= 4 is 51.4 Å². The van der Waals surface area contributed by atoms with Gasteiger partial charge >= 0.3 is 0 Å². The largest absolute Gasteiger partial charge is 0.356 e. The first-order valence-electron chi connectivity index (χ1n) is 10.3. The molecule has 1 fully saturated rings. The van der Waals surface area contributed by atoms with Crippen LogP contribution in [0.1, 0.15) is 22.9 Å². The molecule has 158 valence electrons. The number of thiocarbonyl (C=S) groups is 1. The van der Waals surface area contributed by atoms with Crippen molar-refractivity contribution < 1.29 is 9.18 Å². The number of para-hydroxylation sites is 1. The summed E-state index contributed by atoms with van der Waals surface area (Å²) in [5, 5.41) is 1.46. The lowest BCUT2D eigenvalue weighted by atomic mass is 9.89. The van der Waals surface area contributed by atoms with Crippen molar-refractivity contribution in [3.8, 4) is 0 Å². The van der Waals surface area contributed by atoms with Crippen molar-refractivity contribution in [2.75, 3.05) is 4.90 Å². The van der Waals surface area contributed by atoms with Gasteiger partial charge in [-0.2, -0.15) is 0 Å². The minimum atomic E-state index is -0.533. The summed E-state index contributed by atoms with van der Waals surface area (Å²) in [6.45, 7) is 0. The van der Waals surface area contributed by atoms with Gasteiger partial charge in [0.25, 0.3) is 5.91 Å². The number of hydrogen-bond donors (Lipinski definition) is 1. The molecule has 32 heavy (non-hydrogen) atoms. The second kappa shape index (κ2) is 7.15. The first kappa shape index (κ1) is 19.5. The van der Waals surface area contributed by atoms with Crippen molar-refractivity contribution in [3.63, 3.8) is 0 Å². The van der Waals surface area contributed by atoms with Crippen LogP contribution in [0.15, 0.2) is 72.8 Å². The molecule has 1 amide bonds. The van der Waals surface area contributed by atoms with Crippen LogP contribution in [0.3, 0.4) is 0 Å². The normalized spacial score (nSPS) is 20.1. The lowest BCUT2D eigenvalue weighted by Crippen LogP contribution is -2.44. The molecular weight excluding hydrogens is 445 g/mol. The van der Waals surface area contributed by atoms with E-state index in [1.54, 1.807) is 0 Å². The molecular formula is C25H17ClFN3OS. The molecule has 0 radical (unpaired) electrons. The lowest BCUT2D eigenvalue weighted by molar-refractivity contribution is -0.120. The van der Waals surface area contributed by atoms with E-state index < -0.39 is 11.9 Å². The Bertz CT molecular complexity index is 1400. The summed E-state index contributed by atoms with van der Waals surface area (Å²) in [5.74, 6) is -0.663. The third kappa shape index (κ3) is 2.73. The monoisotopic (exact) mass is 461 g/mol. The molecule has 0 aliphatic carbocycles. The molecule has 4 nitrogen and oxygen atoms in total. The highest BCUT2D eigenvalue weighted by atomic mass is 35.5. The fourth-order valence-corrected chi connectivity index (χ4v) is 5.52. The summed E-state index contributed by atoms with van der Waals surface area (Å²) < 4.78 is 13.8. The van der Waals surface area contributed by atoms with E-state index in [0.717, 1.165) is 27.7 Å². The van der Waals surface area contributed by atoms with Crippen molar-refractivity contribution in [1.29, 1.82) is 0 Å². The van der Waals surface area contributed by atoms with E-state index in [9.17, 15) is 9.18 Å². The highest BCUT2D eigenvalue weighted by molar-refractivity contribution is 7.80. The van der Waals surface area contributed by atoms with E-state index in [1.807, 2.05) is 53.4 Å². The number of H-pyrrole nitrogens is 1. The Hall–Kier alpha value is -3.22. The fourth-order valence-electron chi connectivity index (χ4n) is 4.92. The zero-order chi connectivity index (χ0) is 22.0. The molecule has 1 aromatic heterocycles. The molecule has 0 bridgehead atoms. The maximum Gasteiger partial charge on any atom is 0.256 e. The van der Waals surface area contributed by atoms with Crippen molar-refractivity contribution in [2.24, 2.45) is 0 Å². The molecule has 0 spiro atoms. The quantitative estimate of drug-likeness (QED) is 0.394. The van der Waals surface area contributed by atoms with E-state index in [-0.39, 0.29) is 17.0 Å². The number of fused-ring (bicyclic) bond motifs is 4. The van der Waals surface area contributed by atoms with Crippen LogP contribution in [0.5, 0.6) is 0 Å². The summed E-state index contributed by atoms with van der Waals surface area (Å²) in [7, 11) is 0. The number of aromatic amines is 1. The van der Waals surface area contributed by atoms with Crippen LogP contribution in [-0.2, 0) is 11.2 Å². The van der Waals surface area contributed by atoms with Gasteiger partial charge in [-0.1, -0.05) is 60.1 Å². The molecule has 2 aliphatic rings. The molecule has 7 heteroatoms. The van der Waals surface area contributed by atoms with Gasteiger partial charge in [0, 0.05) is 23.0 Å². The molecule has 3 aromatic carbocycles. The van der Waals surface area contributed by atoms with Gasteiger partial charge in [-0.05, 0) is 47.6 Å². The van der Waals surface area contributed by atoms with Crippen molar-refractivity contribution in [2.45, 2.75) is 18.5 Å². The van der Waals surface area contributed by atoms with Crippen LogP contribution in [-0.4, -0.2) is 26.9 Å². The molecule has 4 aromatic rings. The minimum absolute atomic E-state index is 0.0428. The number of carbonyl (C=O) groups is 1. The van der Waals surface area contributed by atoms with Crippen molar-refractivity contribution in [1.82, 2.24) is 9.88 Å². The van der Waals surface area contributed by atoms with Gasteiger partial charge in [-0.3, -0.25) is 9.69 Å². The van der Waals surface area contributed by atoms with E-state index >= 15 is 0 Å². The number of rotatable bonds is 2. The van der Waals surface area contributed by atoms with Crippen LogP contribution in [0.4, 0.5) is 10.1 Å². The average Bonchev–Trinajstić information content (AvgIpc) is 3.30. The second-order valence-electron chi connectivity index (χ2n) is 8.06. The van der Waals surface area contributed by atoms with Gasteiger partial charge in [0.1, 0.15) is 11.9 Å². The topological polar surface area (TPSA) is 39.3 Å². The number of halogens is 2. The molecule has 2 aliphatic heterocycles. The summed E-state index contributed by atoms with van der Waals surface area (Å²) in [4.78, 5) is 20.7. The molecule has 2 atom stereocenters. The van der Waals surface area contributed by atoms with Crippen LogP contribution >= 0.6 is 23.8 Å². The maximum atomic E-state index is 13.8. The predicted molar refractivity (Wildman–Crippen MR) is 127 cm³/mol. The lowest BCUT2D eigenvalue weighted by Gasteiger charge is -2.37. The van der Waals surface area contributed by atoms with Crippen molar-refractivity contribution in [3.05, 3.63) is 100 Å². The zero-order valence-corrected chi connectivity index (χ0v) is 18.3. The SMILES string of the molecule is O=C1C2Cc3c([nH]c4ccccc34)C(c3ccccc3)N2C(=S)N1c1ccc(F)c(Cl)c1. The highest BCUT2D eigenvalue weighted by Crippen LogP contribution is 2.45. The number of carbonyl (C=O) groups excluding carboxylic acids is 1. The van der Waals surface area contributed by atoms with E-state index in [0.29, 0.717) is 17.2 Å². The Morgan fingerprint density at radius 2 is 1.78 bits per heavy atom. The highest BCUT2D eigenvalue weighted by Gasteiger charge is 2.51. The Labute approximate surface area is 194 Å². The van der Waals surface area contributed by atoms with Crippen LogP contribution in [0.2, 0.25) is 5.02 Å². The third-order valence-electron chi connectivity index (χ3n) is 6.33. The van der Waals surface area contributed by atoms with Gasteiger partial charge in [-0.25, -0.2) is 4.39 Å². The van der Waals surface area contributed by atoms with Gasteiger partial charge in [0.15, 0.2) is 5.11 Å². The summed E-state index contributed by atoms with van der Waals surface area (Å²) in [6.07, 6.45) is 0.535. The number of benzene rings is 3. The Morgan fingerprint density at radius 1 is 1.03 bits per heavy atom. The van der Waals surface area contributed by atoms with Crippen LogP contribution in [0, 0.1) is 5.82 Å². The number of aromatic nitrogens is 1. The minimum Gasteiger partial charge on any atom is -0.356 e. The zero-order valence-electron chi connectivity index (χ0n) is 16.8. The van der Waals surface area contributed by atoms with E-state index in [4.69, 9.17) is 23.8 Å². The summed E-state index contributed by atoms with van der Waals surface area (Å²) in [6, 6.07) is 21.7. The number of anilines is 1. The van der Waals surface area contributed by atoms with Crippen LogP contribution < -0.4 is 4.90 Å². The van der Waals surface area contributed by atoms with Gasteiger partial charge in [0.2, 0.25) is 0 Å². The molecule has 0 saturated carbocycles. The number of hydrogen-bond acceptors (Lipinski definition) is 2. The predicted octanol–water partition coefficient (Wildman–Crippen LogP) is 5.61.